The predicted octanol–water partition coefficient (Wildman–Crippen LogP) is 3.04. The number of rotatable bonds is 9. The molecule has 0 aromatic heterocycles. The third kappa shape index (κ3) is 5.71. The molecule has 154 valence electrons. The van der Waals surface area contributed by atoms with E-state index in [0.717, 1.165) is 9.87 Å². The highest BCUT2D eigenvalue weighted by Crippen LogP contribution is 2.25. The Hall–Kier alpha value is -3.07. The quantitative estimate of drug-likeness (QED) is 0.289. The van der Waals surface area contributed by atoms with Crippen molar-refractivity contribution < 1.29 is 23.1 Å². The maximum Gasteiger partial charge on any atom is 0.338 e. The molecule has 0 amide bonds. The van der Waals surface area contributed by atoms with Crippen LogP contribution in [0.25, 0.3) is 10.4 Å². The van der Waals surface area contributed by atoms with Crippen molar-refractivity contribution in [2.45, 2.75) is 24.8 Å². The number of aliphatic hydroxyl groups is 1. The van der Waals surface area contributed by atoms with Crippen molar-refractivity contribution in [2.75, 3.05) is 24.0 Å². The Morgan fingerprint density at radius 2 is 1.83 bits per heavy atom. The summed E-state index contributed by atoms with van der Waals surface area (Å²) in [5.41, 5.74) is 9.85. The second-order valence-electron chi connectivity index (χ2n) is 6.18. The summed E-state index contributed by atoms with van der Waals surface area (Å²) in [6, 6.07) is 12.1. The highest BCUT2D eigenvalue weighted by atomic mass is 32.2. The van der Waals surface area contributed by atoms with Crippen molar-refractivity contribution in [1.82, 2.24) is 0 Å². The van der Waals surface area contributed by atoms with E-state index in [1.54, 1.807) is 19.1 Å². The molecule has 0 radical (unpaired) electrons. The average molecular weight is 418 g/mol. The fourth-order valence-electron chi connectivity index (χ4n) is 2.54. The number of hydrogen-bond donors (Lipinski definition) is 1. The lowest BCUT2D eigenvalue weighted by atomic mass is 10.2. The molecule has 0 spiro atoms. The van der Waals surface area contributed by atoms with Crippen LogP contribution in [0.1, 0.15) is 22.8 Å². The first-order valence-electron chi connectivity index (χ1n) is 8.85. The summed E-state index contributed by atoms with van der Waals surface area (Å²) in [6.45, 7) is 3.14. The monoisotopic (exact) mass is 418 g/mol. The molecular formula is C19H22N4O5S. The van der Waals surface area contributed by atoms with Crippen LogP contribution in [0, 0.1) is 6.92 Å². The third-order valence-corrected chi connectivity index (χ3v) is 5.82. The number of carbonyl (C=O) groups excluding carboxylic acids is 1. The van der Waals surface area contributed by atoms with Gasteiger partial charge in [0.05, 0.1) is 41.9 Å². The molecular weight excluding hydrogens is 396 g/mol. The van der Waals surface area contributed by atoms with Crippen molar-refractivity contribution in [3.05, 3.63) is 70.1 Å². The van der Waals surface area contributed by atoms with Crippen LogP contribution in [0.15, 0.2) is 58.5 Å². The van der Waals surface area contributed by atoms with Gasteiger partial charge in [0, 0.05) is 4.91 Å². The van der Waals surface area contributed by atoms with Gasteiger partial charge in [-0.15, -0.1) is 0 Å². The minimum absolute atomic E-state index is 0.0496. The van der Waals surface area contributed by atoms with Gasteiger partial charge in [0.25, 0.3) is 10.0 Å². The first-order chi connectivity index (χ1) is 13.8. The Bertz CT molecular complexity index is 984. The van der Waals surface area contributed by atoms with Gasteiger partial charge in [-0.3, -0.25) is 4.31 Å². The first-order valence-corrected chi connectivity index (χ1v) is 10.3. The highest BCUT2D eigenvalue weighted by Gasteiger charge is 2.27. The fraction of sp³-hybridized carbons (Fsp3) is 0.316. The molecule has 0 aliphatic rings. The predicted molar refractivity (Wildman–Crippen MR) is 108 cm³/mol. The first kappa shape index (κ1) is 22.2. The number of carbonyl (C=O) groups is 1. The van der Waals surface area contributed by atoms with Crippen molar-refractivity contribution in [3.63, 3.8) is 0 Å². The average Bonchev–Trinajstić information content (AvgIpc) is 2.71. The molecule has 1 unspecified atom stereocenters. The molecule has 0 saturated carbocycles. The van der Waals surface area contributed by atoms with Gasteiger partial charge in [-0.05, 0) is 55.8 Å². The molecule has 9 nitrogen and oxygen atoms in total. The van der Waals surface area contributed by atoms with Crippen molar-refractivity contribution >= 4 is 21.7 Å². The maximum atomic E-state index is 13.2. The maximum absolute atomic E-state index is 13.2. The summed E-state index contributed by atoms with van der Waals surface area (Å²) < 4.78 is 32.3. The number of azide groups is 1. The smallest absolute Gasteiger partial charge is 0.338 e. The SMILES string of the molecule is CCOC(=O)c1ccc(N(CC(O)CN=[N+]=[N-])S(=O)(=O)c2ccc(C)cc2)cc1. The minimum Gasteiger partial charge on any atom is -0.462 e. The molecule has 2 rings (SSSR count). The summed E-state index contributed by atoms with van der Waals surface area (Å²) in [6.07, 6.45) is -1.21. The van der Waals surface area contributed by atoms with Crippen LogP contribution in [0.2, 0.25) is 0 Å². The van der Waals surface area contributed by atoms with E-state index in [9.17, 15) is 18.3 Å². The van der Waals surface area contributed by atoms with Crippen LogP contribution in [0.3, 0.4) is 0 Å². The molecule has 0 saturated heterocycles. The summed E-state index contributed by atoms with van der Waals surface area (Å²) >= 11 is 0. The molecule has 0 heterocycles. The van der Waals surface area contributed by atoms with Crippen LogP contribution in [-0.4, -0.2) is 45.3 Å². The number of aryl methyl sites for hydroxylation is 1. The molecule has 0 aliphatic carbocycles. The van der Waals surface area contributed by atoms with E-state index >= 15 is 0 Å². The van der Waals surface area contributed by atoms with E-state index < -0.39 is 22.1 Å². The molecule has 2 aromatic rings. The van der Waals surface area contributed by atoms with E-state index in [1.807, 2.05) is 6.92 Å². The van der Waals surface area contributed by atoms with E-state index in [2.05, 4.69) is 10.0 Å². The molecule has 29 heavy (non-hydrogen) atoms. The second kappa shape index (κ2) is 9.92. The zero-order chi connectivity index (χ0) is 21.4. The summed E-state index contributed by atoms with van der Waals surface area (Å²) in [5, 5.41) is 13.4. The number of hydrogen-bond acceptors (Lipinski definition) is 6. The normalized spacial score (nSPS) is 12.0. The molecule has 10 heteroatoms. The standard InChI is InChI=1S/C19H22N4O5S/c1-3-28-19(25)15-6-8-16(9-7-15)23(13-17(24)12-21-22-20)29(26,27)18-10-4-14(2)5-11-18/h4-11,17,24H,3,12-13H2,1-2H3. The van der Waals surface area contributed by atoms with Gasteiger partial charge in [-0.25, -0.2) is 13.2 Å². The summed E-state index contributed by atoms with van der Waals surface area (Å²) in [4.78, 5) is 14.5. The zero-order valence-corrected chi connectivity index (χ0v) is 16.9. The molecule has 2 aromatic carbocycles. The summed E-state index contributed by atoms with van der Waals surface area (Å²) in [7, 11) is -4.01. The zero-order valence-electron chi connectivity index (χ0n) is 16.1. The third-order valence-electron chi connectivity index (χ3n) is 4.01. The molecule has 1 N–H and O–H groups in total. The van der Waals surface area contributed by atoms with Gasteiger partial charge in [0.2, 0.25) is 0 Å². The Labute approximate surface area is 169 Å². The Balaban J connectivity index is 2.42. The van der Waals surface area contributed by atoms with Gasteiger partial charge < -0.3 is 9.84 Å². The Kier molecular flexibility index (Phi) is 7.60. The lowest BCUT2D eigenvalue weighted by molar-refractivity contribution is 0.0526. The number of esters is 1. The molecule has 0 fully saturated rings. The number of anilines is 1. The van der Waals surface area contributed by atoms with Crippen molar-refractivity contribution in [3.8, 4) is 0 Å². The van der Waals surface area contributed by atoms with E-state index in [0.29, 0.717) is 0 Å². The van der Waals surface area contributed by atoms with E-state index in [-0.39, 0.29) is 35.8 Å². The number of benzene rings is 2. The van der Waals surface area contributed by atoms with Gasteiger partial charge in [-0.1, -0.05) is 22.8 Å². The molecule has 0 aliphatic heterocycles. The number of sulfonamides is 1. The van der Waals surface area contributed by atoms with E-state index in [4.69, 9.17) is 10.3 Å². The lowest BCUT2D eigenvalue weighted by Crippen LogP contribution is -2.38. The van der Waals surface area contributed by atoms with Crippen LogP contribution in [-0.2, 0) is 14.8 Å². The topological polar surface area (TPSA) is 133 Å². The fourth-order valence-corrected chi connectivity index (χ4v) is 4.04. The van der Waals surface area contributed by atoms with Crippen LogP contribution in [0.4, 0.5) is 5.69 Å². The van der Waals surface area contributed by atoms with Crippen molar-refractivity contribution in [2.24, 2.45) is 5.11 Å². The van der Waals surface area contributed by atoms with Crippen LogP contribution in [0.5, 0.6) is 0 Å². The van der Waals surface area contributed by atoms with Gasteiger partial charge >= 0.3 is 5.97 Å². The largest absolute Gasteiger partial charge is 0.462 e. The second-order valence-corrected chi connectivity index (χ2v) is 8.05. The minimum atomic E-state index is -4.01. The molecule has 1 atom stereocenters. The highest BCUT2D eigenvalue weighted by molar-refractivity contribution is 7.92. The van der Waals surface area contributed by atoms with Crippen LogP contribution < -0.4 is 4.31 Å². The Morgan fingerprint density at radius 3 is 2.38 bits per heavy atom. The van der Waals surface area contributed by atoms with Gasteiger partial charge in [-0.2, -0.15) is 0 Å². The van der Waals surface area contributed by atoms with Crippen molar-refractivity contribution in [1.29, 1.82) is 0 Å². The van der Waals surface area contributed by atoms with Gasteiger partial charge in [0.15, 0.2) is 0 Å². The molecule has 0 bridgehead atoms. The summed E-state index contributed by atoms with van der Waals surface area (Å²) in [5.74, 6) is -0.518. The lowest BCUT2D eigenvalue weighted by Gasteiger charge is -2.26. The number of aliphatic hydroxyl groups excluding tert-OH is 1. The van der Waals surface area contributed by atoms with Crippen LogP contribution >= 0.6 is 0 Å². The number of ether oxygens (including phenoxy) is 1. The van der Waals surface area contributed by atoms with Gasteiger partial charge in [0.1, 0.15) is 0 Å². The Morgan fingerprint density at radius 1 is 1.21 bits per heavy atom. The van der Waals surface area contributed by atoms with E-state index in [1.165, 1.54) is 36.4 Å². The number of nitrogens with zero attached hydrogens (tertiary/aromatic N) is 4.